The van der Waals surface area contributed by atoms with E-state index in [1.165, 1.54) is 7.11 Å². The van der Waals surface area contributed by atoms with Gasteiger partial charge in [0.1, 0.15) is 0 Å². The third-order valence-electron chi connectivity index (χ3n) is 3.66. The molecule has 0 spiro atoms. The minimum absolute atomic E-state index is 0.132. The fourth-order valence-corrected chi connectivity index (χ4v) is 2.38. The number of rotatable bonds is 6. The lowest BCUT2D eigenvalue weighted by atomic mass is 10.1. The molecule has 0 fully saturated rings. The van der Waals surface area contributed by atoms with Crippen molar-refractivity contribution < 1.29 is 14.3 Å². The van der Waals surface area contributed by atoms with Crippen LogP contribution in [0.25, 0.3) is 5.69 Å². The summed E-state index contributed by atoms with van der Waals surface area (Å²) in [4.78, 5) is 23.1. The minimum Gasteiger partial charge on any atom is -0.469 e. The summed E-state index contributed by atoms with van der Waals surface area (Å²) in [5, 5.41) is 7.24. The zero-order valence-electron chi connectivity index (χ0n) is 13.6. The van der Waals surface area contributed by atoms with E-state index in [9.17, 15) is 9.59 Å². The van der Waals surface area contributed by atoms with Gasteiger partial charge in [-0.15, -0.1) is 0 Å². The van der Waals surface area contributed by atoms with Crippen LogP contribution in [0.3, 0.4) is 0 Å². The van der Waals surface area contributed by atoms with Crippen LogP contribution in [0.2, 0.25) is 0 Å². The first-order valence-electron chi connectivity index (χ1n) is 7.47. The van der Waals surface area contributed by atoms with Gasteiger partial charge in [-0.25, -0.2) is 4.68 Å². The van der Waals surface area contributed by atoms with Crippen molar-refractivity contribution in [1.82, 2.24) is 15.1 Å². The van der Waals surface area contributed by atoms with E-state index < -0.39 is 0 Å². The fourth-order valence-electron chi connectivity index (χ4n) is 2.38. The average molecular weight is 315 g/mol. The number of methoxy groups -OCH3 is 1. The van der Waals surface area contributed by atoms with Crippen molar-refractivity contribution in [3.63, 3.8) is 0 Å². The third kappa shape index (κ3) is 4.18. The largest absolute Gasteiger partial charge is 0.469 e. The molecular weight excluding hydrogens is 294 g/mol. The highest BCUT2D eigenvalue weighted by atomic mass is 16.5. The number of aromatic nitrogens is 2. The Hall–Kier alpha value is -2.63. The van der Waals surface area contributed by atoms with Gasteiger partial charge in [-0.1, -0.05) is 18.2 Å². The van der Waals surface area contributed by atoms with Crippen molar-refractivity contribution in [3.05, 3.63) is 47.3 Å². The van der Waals surface area contributed by atoms with Gasteiger partial charge in [-0.3, -0.25) is 9.59 Å². The molecule has 6 nitrogen and oxygen atoms in total. The highest BCUT2D eigenvalue weighted by molar-refractivity contribution is 5.79. The summed E-state index contributed by atoms with van der Waals surface area (Å²) in [6.07, 6.45) is 0.412. The van der Waals surface area contributed by atoms with E-state index in [1.807, 2.05) is 48.9 Å². The minimum atomic E-state index is -0.338. The summed E-state index contributed by atoms with van der Waals surface area (Å²) in [5.41, 5.74) is 3.64. The van der Waals surface area contributed by atoms with E-state index in [-0.39, 0.29) is 31.3 Å². The summed E-state index contributed by atoms with van der Waals surface area (Å²) >= 11 is 0. The number of hydrogen-bond donors (Lipinski definition) is 1. The molecule has 1 heterocycles. The molecule has 0 aliphatic heterocycles. The number of carbonyl (C=O) groups excluding carboxylic acids is 2. The molecule has 2 rings (SSSR count). The fraction of sp³-hybridized carbons (Fsp3) is 0.353. The molecule has 0 radical (unpaired) electrons. The quantitative estimate of drug-likeness (QED) is 0.824. The van der Waals surface area contributed by atoms with Gasteiger partial charge in [0, 0.05) is 17.8 Å². The second-order valence-electron chi connectivity index (χ2n) is 5.25. The van der Waals surface area contributed by atoms with Gasteiger partial charge in [0.05, 0.1) is 31.3 Å². The standard InChI is InChI=1S/C17H21N3O3/c1-12-15(11-16(21)18-10-9-17(22)23-3)13(2)20(19-12)14-7-5-4-6-8-14/h4-8H,9-11H2,1-3H3,(H,18,21). The highest BCUT2D eigenvalue weighted by Crippen LogP contribution is 2.18. The summed E-state index contributed by atoms with van der Waals surface area (Å²) in [7, 11) is 1.33. The Morgan fingerprint density at radius 1 is 1.22 bits per heavy atom. The number of benzene rings is 1. The van der Waals surface area contributed by atoms with Crippen molar-refractivity contribution in [1.29, 1.82) is 0 Å². The lowest BCUT2D eigenvalue weighted by Gasteiger charge is -2.06. The predicted molar refractivity (Wildman–Crippen MR) is 86.4 cm³/mol. The Bertz CT molecular complexity index is 693. The molecule has 0 saturated carbocycles. The third-order valence-corrected chi connectivity index (χ3v) is 3.66. The van der Waals surface area contributed by atoms with Gasteiger partial charge < -0.3 is 10.1 Å². The van der Waals surface area contributed by atoms with Gasteiger partial charge in [-0.05, 0) is 26.0 Å². The molecule has 23 heavy (non-hydrogen) atoms. The molecule has 0 unspecified atom stereocenters. The van der Waals surface area contributed by atoms with E-state index in [0.29, 0.717) is 0 Å². The van der Waals surface area contributed by atoms with Gasteiger partial charge >= 0.3 is 5.97 Å². The van der Waals surface area contributed by atoms with Crippen LogP contribution in [-0.4, -0.2) is 35.3 Å². The molecule has 1 aromatic heterocycles. The Kier molecular flexibility index (Phi) is 5.51. The molecule has 0 atom stereocenters. The Balaban J connectivity index is 2.05. The number of carbonyl (C=O) groups is 2. The summed E-state index contributed by atoms with van der Waals surface area (Å²) in [6.45, 7) is 4.12. The zero-order chi connectivity index (χ0) is 16.8. The smallest absolute Gasteiger partial charge is 0.307 e. The van der Waals surface area contributed by atoms with E-state index in [4.69, 9.17) is 0 Å². The van der Waals surface area contributed by atoms with Crippen molar-refractivity contribution in [2.45, 2.75) is 26.7 Å². The molecule has 6 heteroatoms. The molecule has 1 aromatic carbocycles. The van der Waals surface area contributed by atoms with Crippen LogP contribution in [0, 0.1) is 13.8 Å². The van der Waals surface area contributed by atoms with E-state index >= 15 is 0 Å². The van der Waals surface area contributed by atoms with Crippen molar-refractivity contribution in [2.75, 3.05) is 13.7 Å². The summed E-state index contributed by atoms with van der Waals surface area (Å²) < 4.78 is 6.38. The Morgan fingerprint density at radius 3 is 2.57 bits per heavy atom. The number of ether oxygens (including phenoxy) is 1. The number of aryl methyl sites for hydroxylation is 1. The number of hydrogen-bond acceptors (Lipinski definition) is 4. The second-order valence-corrected chi connectivity index (χ2v) is 5.25. The lowest BCUT2D eigenvalue weighted by molar-refractivity contribution is -0.140. The van der Waals surface area contributed by atoms with Crippen LogP contribution >= 0.6 is 0 Å². The van der Waals surface area contributed by atoms with Crippen molar-refractivity contribution >= 4 is 11.9 Å². The normalized spacial score (nSPS) is 10.4. The molecule has 122 valence electrons. The van der Waals surface area contributed by atoms with Crippen LogP contribution < -0.4 is 5.32 Å². The number of nitrogens with one attached hydrogen (secondary N) is 1. The van der Waals surface area contributed by atoms with Gasteiger partial charge in [0.15, 0.2) is 0 Å². The summed E-state index contributed by atoms with van der Waals surface area (Å²) in [6, 6.07) is 9.79. The van der Waals surface area contributed by atoms with Crippen LogP contribution in [0.5, 0.6) is 0 Å². The average Bonchev–Trinajstić information content (AvgIpc) is 2.83. The first-order valence-corrected chi connectivity index (χ1v) is 7.47. The van der Waals surface area contributed by atoms with Crippen LogP contribution in [-0.2, 0) is 20.7 Å². The number of amides is 1. The molecule has 0 bridgehead atoms. The Labute approximate surface area is 135 Å². The maximum absolute atomic E-state index is 12.0. The predicted octanol–water partition coefficient (Wildman–Crippen LogP) is 1.71. The SMILES string of the molecule is COC(=O)CCNC(=O)Cc1c(C)nn(-c2ccccc2)c1C. The van der Waals surface area contributed by atoms with Crippen LogP contribution in [0.15, 0.2) is 30.3 Å². The number of para-hydroxylation sites is 1. The Morgan fingerprint density at radius 2 is 1.91 bits per heavy atom. The van der Waals surface area contributed by atoms with Crippen molar-refractivity contribution in [2.24, 2.45) is 0 Å². The van der Waals surface area contributed by atoms with E-state index in [0.717, 1.165) is 22.6 Å². The lowest BCUT2D eigenvalue weighted by Crippen LogP contribution is -2.28. The van der Waals surface area contributed by atoms with Crippen LogP contribution in [0.1, 0.15) is 23.4 Å². The maximum Gasteiger partial charge on any atom is 0.307 e. The molecule has 1 amide bonds. The topological polar surface area (TPSA) is 73.2 Å². The first kappa shape index (κ1) is 16.7. The maximum atomic E-state index is 12.0. The molecule has 0 saturated heterocycles. The van der Waals surface area contributed by atoms with Gasteiger partial charge in [-0.2, -0.15) is 5.10 Å². The van der Waals surface area contributed by atoms with E-state index in [2.05, 4.69) is 15.2 Å². The molecular formula is C17H21N3O3. The van der Waals surface area contributed by atoms with Crippen molar-refractivity contribution in [3.8, 4) is 5.69 Å². The number of esters is 1. The summed E-state index contributed by atoms with van der Waals surface area (Å²) in [5.74, 6) is -0.470. The molecule has 0 aliphatic rings. The number of nitrogens with zero attached hydrogens (tertiary/aromatic N) is 2. The van der Waals surface area contributed by atoms with Gasteiger partial charge in [0.25, 0.3) is 0 Å². The second kappa shape index (κ2) is 7.58. The van der Waals surface area contributed by atoms with Gasteiger partial charge in [0.2, 0.25) is 5.91 Å². The molecule has 1 N–H and O–H groups in total. The van der Waals surface area contributed by atoms with E-state index in [1.54, 1.807) is 0 Å². The zero-order valence-corrected chi connectivity index (χ0v) is 13.6. The molecule has 0 aliphatic carbocycles. The first-order chi connectivity index (χ1) is 11.0. The highest BCUT2D eigenvalue weighted by Gasteiger charge is 2.15. The van der Waals surface area contributed by atoms with Crippen LogP contribution in [0.4, 0.5) is 0 Å². The molecule has 2 aromatic rings. The monoisotopic (exact) mass is 315 g/mol.